The summed E-state index contributed by atoms with van der Waals surface area (Å²) in [6.45, 7) is 2.69. The van der Waals surface area contributed by atoms with Crippen LogP contribution in [0.3, 0.4) is 0 Å². The largest absolute Gasteiger partial charge is 0.493 e. The molecule has 26 heavy (non-hydrogen) atoms. The monoisotopic (exact) mass is 401 g/mol. The predicted molar refractivity (Wildman–Crippen MR) is 106 cm³/mol. The summed E-state index contributed by atoms with van der Waals surface area (Å²) < 4.78 is 16.5. The predicted octanol–water partition coefficient (Wildman–Crippen LogP) is 3.45. The highest BCUT2D eigenvalue weighted by Crippen LogP contribution is 2.36. The molecule has 0 radical (unpaired) electrons. The molecule has 0 aliphatic carbocycles. The molecule has 0 spiro atoms. The lowest BCUT2D eigenvalue weighted by Gasteiger charge is -2.15. The van der Waals surface area contributed by atoms with Gasteiger partial charge in [0.1, 0.15) is 6.61 Å². The molecule has 0 aliphatic rings. The molecule has 0 atom stereocenters. The normalized spacial score (nSPS) is 10.3. The first-order valence-electron chi connectivity index (χ1n) is 8.17. The number of aliphatic hydroxyl groups is 1. The van der Waals surface area contributed by atoms with Gasteiger partial charge in [-0.15, -0.1) is 12.4 Å². The van der Waals surface area contributed by atoms with Crippen molar-refractivity contribution in [2.24, 2.45) is 0 Å². The highest BCUT2D eigenvalue weighted by Gasteiger charge is 2.12. The Labute approximate surface area is 165 Å². The number of hydrogen-bond donors (Lipinski definition) is 2. The Hall–Kier alpha value is -1.50. The molecule has 0 heterocycles. The molecule has 2 N–H and O–H groups in total. The highest BCUT2D eigenvalue weighted by molar-refractivity contribution is 6.32. The average Bonchev–Trinajstić information content (AvgIpc) is 2.64. The summed E-state index contributed by atoms with van der Waals surface area (Å²) in [5, 5.41) is 12.4. The molecule has 0 bridgehead atoms. The molecule has 0 amide bonds. The van der Waals surface area contributed by atoms with E-state index in [1.165, 1.54) is 0 Å². The molecular weight excluding hydrogens is 377 g/mol. The van der Waals surface area contributed by atoms with Crippen molar-refractivity contribution < 1.29 is 19.3 Å². The van der Waals surface area contributed by atoms with Crippen molar-refractivity contribution in [1.29, 1.82) is 0 Å². The van der Waals surface area contributed by atoms with E-state index in [0.29, 0.717) is 49.4 Å². The zero-order chi connectivity index (χ0) is 17.9. The number of halogens is 2. The molecule has 0 aromatic heterocycles. The standard InChI is InChI=1S/C19H24ClNO4.ClH/c1-23-18-12-16(13-21-7-9-24-10-8-22)11-17(20)19(18)25-14-15-5-3-2-4-6-15;/h2-6,11-12,21-22H,7-10,13-14H2,1H3;1H. The van der Waals surface area contributed by atoms with E-state index in [0.717, 1.165) is 11.1 Å². The summed E-state index contributed by atoms with van der Waals surface area (Å²) in [7, 11) is 1.60. The third-order valence-corrected chi connectivity index (χ3v) is 3.78. The zero-order valence-electron chi connectivity index (χ0n) is 14.7. The lowest BCUT2D eigenvalue weighted by atomic mass is 10.2. The Morgan fingerprint density at radius 3 is 2.54 bits per heavy atom. The summed E-state index contributed by atoms with van der Waals surface area (Å²) in [6, 6.07) is 13.7. The van der Waals surface area contributed by atoms with E-state index in [1.54, 1.807) is 7.11 Å². The van der Waals surface area contributed by atoms with Crippen LogP contribution in [0.1, 0.15) is 11.1 Å². The maximum absolute atomic E-state index is 8.65. The minimum atomic E-state index is 0. The molecule has 7 heteroatoms. The summed E-state index contributed by atoms with van der Waals surface area (Å²) in [5.74, 6) is 1.15. The molecule has 0 saturated carbocycles. The molecule has 144 valence electrons. The van der Waals surface area contributed by atoms with E-state index in [-0.39, 0.29) is 19.0 Å². The fourth-order valence-electron chi connectivity index (χ4n) is 2.29. The fraction of sp³-hybridized carbons (Fsp3) is 0.368. The number of benzene rings is 2. The Kier molecular flexibility index (Phi) is 11.1. The average molecular weight is 402 g/mol. The molecule has 0 aliphatic heterocycles. The van der Waals surface area contributed by atoms with Gasteiger partial charge in [-0.05, 0) is 23.3 Å². The van der Waals surface area contributed by atoms with Crippen LogP contribution >= 0.6 is 24.0 Å². The molecule has 2 rings (SSSR count). The first-order chi connectivity index (χ1) is 12.2. The van der Waals surface area contributed by atoms with E-state index >= 15 is 0 Å². The van der Waals surface area contributed by atoms with Gasteiger partial charge in [0.25, 0.3) is 0 Å². The van der Waals surface area contributed by atoms with Gasteiger partial charge in [-0.3, -0.25) is 0 Å². The molecule has 0 saturated heterocycles. The number of hydrogen-bond acceptors (Lipinski definition) is 5. The summed E-state index contributed by atoms with van der Waals surface area (Å²) in [5.41, 5.74) is 2.06. The molecule has 5 nitrogen and oxygen atoms in total. The second-order valence-electron chi connectivity index (χ2n) is 5.40. The van der Waals surface area contributed by atoms with Gasteiger partial charge in [0.05, 0.1) is 32.0 Å². The van der Waals surface area contributed by atoms with E-state index in [9.17, 15) is 0 Å². The van der Waals surface area contributed by atoms with E-state index in [4.69, 9.17) is 30.9 Å². The third-order valence-electron chi connectivity index (χ3n) is 3.50. The Balaban J connectivity index is 0.00000338. The van der Waals surface area contributed by atoms with E-state index < -0.39 is 0 Å². The van der Waals surface area contributed by atoms with Gasteiger partial charge in [-0.1, -0.05) is 41.9 Å². The van der Waals surface area contributed by atoms with E-state index in [1.807, 2.05) is 42.5 Å². The third kappa shape index (κ3) is 7.40. The van der Waals surface area contributed by atoms with E-state index in [2.05, 4.69) is 5.32 Å². The van der Waals surface area contributed by atoms with Gasteiger partial charge >= 0.3 is 0 Å². The lowest BCUT2D eigenvalue weighted by molar-refractivity contribution is 0.0938. The van der Waals surface area contributed by atoms with Crippen LogP contribution in [0.5, 0.6) is 11.5 Å². The van der Waals surface area contributed by atoms with Crippen LogP contribution in [-0.4, -0.2) is 38.6 Å². The number of nitrogens with one attached hydrogen (secondary N) is 1. The molecule has 0 unspecified atom stereocenters. The minimum Gasteiger partial charge on any atom is -0.493 e. The Morgan fingerprint density at radius 1 is 1.08 bits per heavy atom. The Bertz CT molecular complexity index is 641. The summed E-state index contributed by atoms with van der Waals surface area (Å²) >= 11 is 6.38. The lowest BCUT2D eigenvalue weighted by Crippen LogP contribution is -2.20. The molecule has 2 aromatic rings. The van der Waals surface area contributed by atoms with Crippen molar-refractivity contribution in [3.8, 4) is 11.5 Å². The van der Waals surface area contributed by atoms with Crippen LogP contribution in [-0.2, 0) is 17.9 Å². The van der Waals surface area contributed by atoms with Crippen molar-refractivity contribution in [3.63, 3.8) is 0 Å². The first kappa shape index (κ1) is 22.5. The SMILES string of the molecule is COc1cc(CNCCOCCO)cc(Cl)c1OCc1ccccc1.Cl. The van der Waals surface area contributed by atoms with Gasteiger partial charge in [-0.2, -0.15) is 0 Å². The van der Waals surface area contributed by atoms with Crippen molar-refractivity contribution in [2.75, 3.05) is 33.5 Å². The number of rotatable bonds is 11. The van der Waals surface area contributed by atoms with Gasteiger partial charge in [0.15, 0.2) is 11.5 Å². The number of ether oxygens (including phenoxy) is 3. The fourth-order valence-corrected chi connectivity index (χ4v) is 2.58. The van der Waals surface area contributed by atoms with Gasteiger partial charge in [0, 0.05) is 13.1 Å². The van der Waals surface area contributed by atoms with Crippen LogP contribution in [0.15, 0.2) is 42.5 Å². The van der Waals surface area contributed by atoms with Crippen molar-refractivity contribution in [2.45, 2.75) is 13.2 Å². The van der Waals surface area contributed by atoms with Gasteiger partial charge < -0.3 is 24.6 Å². The first-order valence-corrected chi connectivity index (χ1v) is 8.55. The molecular formula is C19H25Cl2NO4. The van der Waals surface area contributed by atoms with Crippen LogP contribution in [0.2, 0.25) is 5.02 Å². The van der Waals surface area contributed by atoms with Crippen LogP contribution in [0.25, 0.3) is 0 Å². The highest BCUT2D eigenvalue weighted by atomic mass is 35.5. The van der Waals surface area contributed by atoms with Crippen LogP contribution < -0.4 is 14.8 Å². The quantitative estimate of drug-likeness (QED) is 0.564. The molecule has 2 aromatic carbocycles. The topological polar surface area (TPSA) is 60.0 Å². The van der Waals surface area contributed by atoms with Gasteiger partial charge in [-0.25, -0.2) is 0 Å². The molecule has 0 fully saturated rings. The van der Waals surface area contributed by atoms with Crippen molar-refractivity contribution in [1.82, 2.24) is 5.32 Å². The van der Waals surface area contributed by atoms with Gasteiger partial charge in [0.2, 0.25) is 0 Å². The van der Waals surface area contributed by atoms with Crippen molar-refractivity contribution in [3.05, 3.63) is 58.6 Å². The van der Waals surface area contributed by atoms with Crippen LogP contribution in [0.4, 0.5) is 0 Å². The van der Waals surface area contributed by atoms with Crippen LogP contribution in [0, 0.1) is 0 Å². The maximum atomic E-state index is 8.65. The smallest absolute Gasteiger partial charge is 0.180 e. The summed E-state index contributed by atoms with van der Waals surface area (Å²) in [6.07, 6.45) is 0. The second-order valence-corrected chi connectivity index (χ2v) is 5.80. The maximum Gasteiger partial charge on any atom is 0.180 e. The Morgan fingerprint density at radius 2 is 1.85 bits per heavy atom. The zero-order valence-corrected chi connectivity index (χ0v) is 16.3. The minimum absolute atomic E-state index is 0. The number of methoxy groups -OCH3 is 1. The van der Waals surface area contributed by atoms with Crippen molar-refractivity contribution >= 4 is 24.0 Å². The summed E-state index contributed by atoms with van der Waals surface area (Å²) in [4.78, 5) is 0. The number of aliphatic hydroxyl groups excluding tert-OH is 1. The second kappa shape index (κ2) is 12.8.